The minimum absolute atomic E-state index is 0.0201. The zero-order chi connectivity index (χ0) is 16.8. The lowest BCUT2D eigenvalue weighted by atomic mass is 10.1. The van der Waals surface area contributed by atoms with Gasteiger partial charge < -0.3 is 9.47 Å². The molecule has 124 valence electrons. The highest BCUT2D eigenvalue weighted by Crippen LogP contribution is 2.33. The summed E-state index contributed by atoms with van der Waals surface area (Å²) in [4.78, 5) is 28.6. The maximum Gasteiger partial charge on any atom is 0.246 e. The van der Waals surface area contributed by atoms with Crippen LogP contribution in [-0.4, -0.2) is 44.1 Å². The number of carbonyl (C=O) groups excluding carboxylic acids is 2. The van der Waals surface area contributed by atoms with Crippen LogP contribution in [0.15, 0.2) is 24.3 Å². The Morgan fingerprint density at radius 1 is 1.17 bits per heavy atom. The fourth-order valence-electron chi connectivity index (χ4n) is 3.67. The molecule has 2 amide bonds. The van der Waals surface area contributed by atoms with Crippen molar-refractivity contribution in [2.75, 3.05) is 11.4 Å². The summed E-state index contributed by atoms with van der Waals surface area (Å²) in [6, 6.07) is 7.26. The number of nitrogens with zero attached hydrogens (tertiary/aromatic N) is 5. The molecule has 2 aliphatic rings. The zero-order valence-corrected chi connectivity index (χ0v) is 13.8. The second-order valence-electron chi connectivity index (χ2n) is 6.31. The number of para-hydroxylation sites is 1. The summed E-state index contributed by atoms with van der Waals surface area (Å²) in [5.74, 6) is 1.55. The number of aryl methyl sites for hydroxylation is 1. The molecule has 7 heteroatoms. The number of fused-ring (bicyclic) bond motifs is 2. The van der Waals surface area contributed by atoms with E-state index in [9.17, 15) is 9.59 Å². The monoisotopic (exact) mass is 325 g/mol. The molecule has 0 spiro atoms. The maximum atomic E-state index is 13.1. The third kappa shape index (κ3) is 2.19. The average Bonchev–Trinajstić information content (AvgIpc) is 3.15. The summed E-state index contributed by atoms with van der Waals surface area (Å²) in [6.07, 6.45) is 0.566. The molecule has 1 aromatic heterocycles. The van der Waals surface area contributed by atoms with Gasteiger partial charge in [-0.1, -0.05) is 18.2 Å². The van der Waals surface area contributed by atoms with E-state index in [-0.39, 0.29) is 11.8 Å². The lowest BCUT2D eigenvalue weighted by molar-refractivity contribution is -0.135. The van der Waals surface area contributed by atoms with Gasteiger partial charge in [0.2, 0.25) is 11.8 Å². The number of hydrogen-bond donors (Lipinski definition) is 0. The van der Waals surface area contributed by atoms with Crippen molar-refractivity contribution in [3.8, 4) is 0 Å². The minimum atomic E-state index is -0.463. The Balaban J connectivity index is 1.60. The van der Waals surface area contributed by atoms with Gasteiger partial charge in [0.15, 0.2) is 5.82 Å². The van der Waals surface area contributed by atoms with E-state index in [2.05, 4.69) is 10.2 Å². The molecule has 2 aromatic rings. The standard InChI is InChI=1S/C17H19N5O2/c1-11-18-19-16-10-20(7-8-21(11)16)17(24)15-9-13-5-3-4-6-14(13)22(15)12(2)23/h3-6,15H,7-10H2,1-2H3/t15-/m0/s1. The summed E-state index contributed by atoms with van der Waals surface area (Å²) < 4.78 is 2.04. The topological polar surface area (TPSA) is 71.3 Å². The molecule has 4 rings (SSSR count). The Morgan fingerprint density at radius 2 is 1.96 bits per heavy atom. The molecular formula is C17H19N5O2. The number of aromatic nitrogens is 3. The maximum absolute atomic E-state index is 13.1. The molecule has 1 atom stereocenters. The molecule has 0 aliphatic carbocycles. The number of benzene rings is 1. The zero-order valence-electron chi connectivity index (χ0n) is 13.8. The molecule has 24 heavy (non-hydrogen) atoms. The summed E-state index contributed by atoms with van der Waals surface area (Å²) in [7, 11) is 0. The summed E-state index contributed by atoms with van der Waals surface area (Å²) in [6.45, 7) is 5.18. The van der Waals surface area contributed by atoms with Crippen LogP contribution in [0.2, 0.25) is 0 Å². The average molecular weight is 325 g/mol. The van der Waals surface area contributed by atoms with Gasteiger partial charge in [0.1, 0.15) is 11.9 Å². The predicted molar refractivity (Wildman–Crippen MR) is 87.3 cm³/mol. The third-order valence-corrected chi connectivity index (χ3v) is 4.85. The van der Waals surface area contributed by atoms with Gasteiger partial charge in [-0.3, -0.25) is 14.5 Å². The van der Waals surface area contributed by atoms with Gasteiger partial charge in [0, 0.05) is 32.1 Å². The molecule has 0 saturated heterocycles. The van der Waals surface area contributed by atoms with Crippen LogP contribution in [0, 0.1) is 6.92 Å². The highest BCUT2D eigenvalue weighted by molar-refractivity contribution is 6.02. The predicted octanol–water partition coefficient (Wildman–Crippen LogP) is 0.907. The molecule has 0 unspecified atom stereocenters. The number of carbonyl (C=O) groups is 2. The number of hydrogen-bond acceptors (Lipinski definition) is 4. The fraction of sp³-hybridized carbons (Fsp3) is 0.412. The Kier molecular flexibility index (Phi) is 3.37. The molecule has 0 radical (unpaired) electrons. The van der Waals surface area contributed by atoms with Gasteiger partial charge in [0.05, 0.1) is 6.54 Å². The van der Waals surface area contributed by atoms with Crippen LogP contribution in [0.25, 0.3) is 0 Å². The van der Waals surface area contributed by atoms with Gasteiger partial charge in [-0.25, -0.2) is 0 Å². The van der Waals surface area contributed by atoms with E-state index >= 15 is 0 Å². The van der Waals surface area contributed by atoms with Gasteiger partial charge in [-0.15, -0.1) is 10.2 Å². The number of rotatable bonds is 1. The SMILES string of the molecule is CC(=O)N1c2ccccc2C[C@H]1C(=O)N1CCn2c(C)nnc2C1. The third-order valence-electron chi connectivity index (χ3n) is 4.85. The summed E-state index contributed by atoms with van der Waals surface area (Å²) in [5, 5.41) is 8.22. The highest BCUT2D eigenvalue weighted by atomic mass is 16.2. The molecule has 7 nitrogen and oxygen atoms in total. The number of anilines is 1. The van der Waals surface area contributed by atoms with Gasteiger partial charge in [-0.05, 0) is 18.6 Å². The van der Waals surface area contributed by atoms with Crippen molar-refractivity contribution < 1.29 is 9.59 Å². The molecule has 1 aromatic carbocycles. The quantitative estimate of drug-likeness (QED) is 0.781. The van der Waals surface area contributed by atoms with Crippen LogP contribution in [0.4, 0.5) is 5.69 Å². The first-order chi connectivity index (χ1) is 11.6. The van der Waals surface area contributed by atoms with Crippen molar-refractivity contribution in [3.05, 3.63) is 41.5 Å². The van der Waals surface area contributed by atoms with Crippen LogP contribution in [0.5, 0.6) is 0 Å². The van der Waals surface area contributed by atoms with Crippen LogP contribution < -0.4 is 4.90 Å². The van der Waals surface area contributed by atoms with Crippen molar-refractivity contribution in [2.24, 2.45) is 0 Å². The smallest absolute Gasteiger partial charge is 0.246 e. The highest BCUT2D eigenvalue weighted by Gasteiger charge is 2.39. The Morgan fingerprint density at radius 3 is 2.75 bits per heavy atom. The lowest BCUT2D eigenvalue weighted by Crippen LogP contribution is -2.51. The molecule has 0 fully saturated rings. The van der Waals surface area contributed by atoms with Crippen molar-refractivity contribution in [1.82, 2.24) is 19.7 Å². The van der Waals surface area contributed by atoms with E-state index in [1.807, 2.05) is 35.8 Å². The Bertz CT molecular complexity index is 828. The van der Waals surface area contributed by atoms with Gasteiger partial charge in [0.25, 0.3) is 0 Å². The summed E-state index contributed by atoms with van der Waals surface area (Å²) in [5.41, 5.74) is 1.89. The largest absolute Gasteiger partial charge is 0.332 e. The first-order valence-corrected chi connectivity index (χ1v) is 8.11. The Labute approximate surface area is 139 Å². The van der Waals surface area contributed by atoms with Gasteiger partial charge in [-0.2, -0.15) is 0 Å². The molecular weight excluding hydrogens is 306 g/mol. The first kappa shape index (κ1) is 14.9. The molecule has 0 saturated carbocycles. The molecule has 0 bridgehead atoms. The fourth-order valence-corrected chi connectivity index (χ4v) is 3.67. The minimum Gasteiger partial charge on any atom is -0.332 e. The van der Waals surface area contributed by atoms with Gasteiger partial charge >= 0.3 is 0 Å². The van der Waals surface area contributed by atoms with E-state index in [4.69, 9.17) is 0 Å². The van der Waals surface area contributed by atoms with Crippen LogP contribution >= 0.6 is 0 Å². The van der Waals surface area contributed by atoms with E-state index < -0.39 is 6.04 Å². The van der Waals surface area contributed by atoms with E-state index in [0.29, 0.717) is 26.1 Å². The van der Waals surface area contributed by atoms with Crippen LogP contribution in [-0.2, 0) is 29.1 Å². The second kappa shape index (κ2) is 5.43. The molecule has 2 aliphatic heterocycles. The summed E-state index contributed by atoms with van der Waals surface area (Å²) >= 11 is 0. The van der Waals surface area contributed by atoms with Crippen LogP contribution in [0.1, 0.15) is 24.1 Å². The van der Waals surface area contributed by atoms with Crippen molar-refractivity contribution >= 4 is 17.5 Å². The normalized spacial score (nSPS) is 19.2. The number of amides is 2. The first-order valence-electron chi connectivity index (χ1n) is 8.11. The van der Waals surface area contributed by atoms with Crippen molar-refractivity contribution in [2.45, 2.75) is 39.4 Å². The van der Waals surface area contributed by atoms with Crippen molar-refractivity contribution in [3.63, 3.8) is 0 Å². The Hall–Kier alpha value is -2.70. The van der Waals surface area contributed by atoms with Crippen LogP contribution in [0.3, 0.4) is 0 Å². The second-order valence-corrected chi connectivity index (χ2v) is 6.31. The molecule has 0 N–H and O–H groups in total. The van der Waals surface area contributed by atoms with E-state index in [1.54, 1.807) is 9.80 Å². The molecule has 3 heterocycles. The van der Waals surface area contributed by atoms with E-state index in [1.165, 1.54) is 6.92 Å². The van der Waals surface area contributed by atoms with Crippen molar-refractivity contribution in [1.29, 1.82) is 0 Å². The van der Waals surface area contributed by atoms with E-state index in [0.717, 1.165) is 22.9 Å². The lowest BCUT2D eigenvalue weighted by Gasteiger charge is -2.32.